The Morgan fingerprint density at radius 2 is 1.54 bits per heavy atom. The van der Waals surface area contributed by atoms with Crippen LogP contribution in [0.4, 0.5) is 0 Å². The van der Waals surface area contributed by atoms with Crippen LogP contribution in [0.3, 0.4) is 0 Å². The van der Waals surface area contributed by atoms with Gasteiger partial charge in [-0.2, -0.15) is 0 Å². The van der Waals surface area contributed by atoms with Crippen LogP contribution in [-0.2, 0) is 9.59 Å². The van der Waals surface area contributed by atoms with Gasteiger partial charge in [-0.1, -0.05) is 13.8 Å². The molecule has 0 aliphatic rings. The molecule has 0 aliphatic heterocycles. The first-order valence-corrected chi connectivity index (χ1v) is 3.83. The summed E-state index contributed by atoms with van der Waals surface area (Å²) in [6.45, 7) is 3.47. The normalized spacial score (nSPS) is 10.3. The van der Waals surface area contributed by atoms with Crippen molar-refractivity contribution >= 4 is 57.4 Å². The van der Waals surface area contributed by atoms with E-state index >= 15 is 0 Å². The van der Waals surface area contributed by atoms with Gasteiger partial charge in [-0.25, -0.2) is 0 Å². The number of hydrogen-bond donors (Lipinski definition) is 2. The number of carbonyl (C=O) groups is 2. The molecule has 0 saturated heterocycles. The van der Waals surface area contributed by atoms with Gasteiger partial charge in [0.05, 0.1) is 12.8 Å². The fourth-order valence-electron chi connectivity index (χ4n) is 1.04. The molecule has 0 amide bonds. The summed E-state index contributed by atoms with van der Waals surface area (Å²) in [6.07, 6.45) is 0.386. The Bertz CT molecular complexity index is 183. The summed E-state index contributed by atoms with van der Waals surface area (Å²) >= 11 is 0. The molecule has 0 bridgehead atoms. The minimum Gasteiger partial charge on any atom is -1.00 e. The third-order valence-electron chi connectivity index (χ3n) is 2.01. The Balaban J connectivity index is -0.000000202. The second kappa shape index (κ2) is 6.81. The van der Waals surface area contributed by atoms with E-state index in [9.17, 15) is 9.59 Å². The smallest absolute Gasteiger partial charge is 1.00 e. The maximum atomic E-state index is 10.4. The van der Waals surface area contributed by atoms with E-state index < -0.39 is 17.4 Å². The minimum absolute atomic E-state index is 0. The van der Waals surface area contributed by atoms with E-state index in [0.29, 0.717) is 6.42 Å². The van der Waals surface area contributed by atoms with Crippen molar-refractivity contribution in [3.8, 4) is 0 Å². The molecule has 74 valence electrons. The van der Waals surface area contributed by atoms with Crippen molar-refractivity contribution in [1.82, 2.24) is 0 Å². The molecule has 0 heterocycles. The van der Waals surface area contributed by atoms with Crippen LogP contribution in [0.25, 0.3) is 0 Å². The maximum Gasteiger partial charge on any atom is 2.00 e. The van der Waals surface area contributed by atoms with Gasteiger partial charge in [0.25, 0.3) is 0 Å². The molecule has 0 saturated carbocycles. The summed E-state index contributed by atoms with van der Waals surface area (Å²) < 4.78 is 0. The van der Waals surface area contributed by atoms with E-state index in [1.165, 1.54) is 0 Å². The van der Waals surface area contributed by atoms with Crippen molar-refractivity contribution in [2.45, 2.75) is 33.1 Å². The van der Waals surface area contributed by atoms with E-state index in [4.69, 9.17) is 10.2 Å². The van der Waals surface area contributed by atoms with Gasteiger partial charge >= 0.3 is 57.4 Å². The van der Waals surface area contributed by atoms with Crippen LogP contribution in [0.2, 0.25) is 0 Å². The van der Waals surface area contributed by atoms with Crippen LogP contribution in [0.1, 0.15) is 36.0 Å². The Hall–Kier alpha value is 0.421. The SMILES string of the molecule is CCC(C)(CC(=O)O)CC(=O)O.[H-].[H-].[Sr+2]. The fourth-order valence-corrected chi connectivity index (χ4v) is 1.04. The number of carboxylic acid groups (broad SMARTS) is 2. The van der Waals surface area contributed by atoms with Gasteiger partial charge in [0.1, 0.15) is 0 Å². The Kier molecular flexibility index (Phi) is 8.32. The molecule has 5 heteroatoms. The van der Waals surface area contributed by atoms with Gasteiger partial charge in [-0.15, -0.1) is 0 Å². The Morgan fingerprint density at radius 1 is 1.23 bits per heavy atom. The second-order valence-corrected chi connectivity index (χ2v) is 3.31. The summed E-state index contributed by atoms with van der Waals surface area (Å²) in [6, 6.07) is 0. The first-order chi connectivity index (χ1) is 5.39. The van der Waals surface area contributed by atoms with Crippen molar-refractivity contribution in [2.75, 3.05) is 0 Å². The third kappa shape index (κ3) is 7.49. The zero-order valence-corrected chi connectivity index (χ0v) is 11.5. The van der Waals surface area contributed by atoms with Crippen LogP contribution in [0.5, 0.6) is 0 Å². The van der Waals surface area contributed by atoms with Gasteiger partial charge in [-0.05, 0) is 11.8 Å². The quantitative estimate of drug-likeness (QED) is 0.731. The monoisotopic (exact) mass is 264 g/mol. The van der Waals surface area contributed by atoms with E-state index in [1.54, 1.807) is 13.8 Å². The standard InChI is InChI=1S/C8H14O4.Sr.2H/c1-3-8(2,4-6(9)10)5-7(11)12;;;/h3-5H2,1-2H3,(H,9,10)(H,11,12);;;/q;+2;2*-1. The molecule has 0 aromatic heterocycles. The van der Waals surface area contributed by atoms with Crippen LogP contribution in [-0.4, -0.2) is 67.6 Å². The van der Waals surface area contributed by atoms with E-state index in [2.05, 4.69) is 0 Å². The number of rotatable bonds is 5. The van der Waals surface area contributed by atoms with Crippen LogP contribution < -0.4 is 0 Å². The largest absolute Gasteiger partial charge is 2.00 e. The molecule has 0 aromatic carbocycles. The molecule has 2 N–H and O–H groups in total. The van der Waals surface area contributed by atoms with Crippen LogP contribution >= 0.6 is 0 Å². The summed E-state index contributed by atoms with van der Waals surface area (Å²) in [5, 5.41) is 17.0. The van der Waals surface area contributed by atoms with Gasteiger partial charge in [0, 0.05) is 0 Å². The zero-order chi connectivity index (χ0) is 9.78. The average Bonchev–Trinajstić information content (AvgIpc) is 1.83. The molecule has 0 spiro atoms. The number of hydrogen-bond acceptors (Lipinski definition) is 2. The minimum atomic E-state index is -0.944. The second-order valence-electron chi connectivity index (χ2n) is 3.31. The predicted octanol–water partition coefficient (Wildman–Crippen LogP) is 1.20. The summed E-state index contributed by atoms with van der Waals surface area (Å²) in [4.78, 5) is 20.7. The van der Waals surface area contributed by atoms with Crippen LogP contribution in [0.15, 0.2) is 0 Å². The van der Waals surface area contributed by atoms with Gasteiger partial charge in [0.2, 0.25) is 0 Å². The molecule has 0 aliphatic carbocycles. The maximum absolute atomic E-state index is 10.4. The van der Waals surface area contributed by atoms with Gasteiger partial charge in [0.15, 0.2) is 0 Å². The van der Waals surface area contributed by atoms with Crippen molar-refractivity contribution in [2.24, 2.45) is 5.41 Å². The Morgan fingerprint density at radius 3 is 1.69 bits per heavy atom. The molecule has 4 nitrogen and oxygen atoms in total. The van der Waals surface area contributed by atoms with Crippen molar-refractivity contribution in [3.05, 3.63) is 0 Å². The van der Waals surface area contributed by atoms with Crippen molar-refractivity contribution in [3.63, 3.8) is 0 Å². The molecule has 0 aromatic rings. The average molecular weight is 264 g/mol. The molecule has 0 atom stereocenters. The molecule has 0 rings (SSSR count). The first-order valence-electron chi connectivity index (χ1n) is 3.83. The zero-order valence-electron chi connectivity index (χ0n) is 10.0. The molecule has 0 unspecified atom stereocenters. The summed E-state index contributed by atoms with van der Waals surface area (Å²) in [5.41, 5.74) is -0.613. The molecular weight excluding hydrogens is 248 g/mol. The summed E-state index contributed by atoms with van der Waals surface area (Å²) in [7, 11) is 0. The van der Waals surface area contributed by atoms with Crippen molar-refractivity contribution in [1.29, 1.82) is 0 Å². The number of aliphatic carboxylic acids is 2. The van der Waals surface area contributed by atoms with E-state index in [1.807, 2.05) is 0 Å². The predicted molar refractivity (Wildman–Crippen MR) is 50.9 cm³/mol. The molecular formula is C8H16O4Sr. The Labute approximate surface area is 118 Å². The van der Waals surface area contributed by atoms with Gasteiger partial charge < -0.3 is 13.1 Å². The first kappa shape index (κ1) is 15.9. The fraction of sp³-hybridized carbons (Fsp3) is 0.750. The molecule has 13 heavy (non-hydrogen) atoms. The van der Waals surface area contributed by atoms with E-state index in [-0.39, 0.29) is 61.2 Å². The topological polar surface area (TPSA) is 74.6 Å². The summed E-state index contributed by atoms with van der Waals surface area (Å²) in [5.74, 6) is -1.89. The molecule has 0 fully saturated rings. The van der Waals surface area contributed by atoms with Crippen molar-refractivity contribution < 1.29 is 22.7 Å². The van der Waals surface area contributed by atoms with E-state index in [0.717, 1.165) is 0 Å². The van der Waals surface area contributed by atoms with Crippen LogP contribution in [0, 0.1) is 5.41 Å². The molecule has 0 radical (unpaired) electrons. The van der Waals surface area contributed by atoms with Gasteiger partial charge in [-0.3, -0.25) is 9.59 Å². The number of carboxylic acids is 2. The third-order valence-corrected chi connectivity index (χ3v) is 2.01.